The van der Waals surface area contributed by atoms with E-state index in [4.69, 9.17) is 0 Å². The standard InChI is InChI=1S/C23H48/c1-7-12-15-21(10-4)18-23(17-20(6)14-9-3)19-22(11-5)16-13-8-2/h20-23H,7-19H2,1-6H3. The van der Waals surface area contributed by atoms with Gasteiger partial charge >= 0.3 is 0 Å². The van der Waals surface area contributed by atoms with E-state index in [1.54, 1.807) is 0 Å². The van der Waals surface area contributed by atoms with Crippen LogP contribution in [0.2, 0.25) is 0 Å². The van der Waals surface area contributed by atoms with E-state index in [1.165, 1.54) is 83.5 Å². The van der Waals surface area contributed by atoms with Crippen molar-refractivity contribution in [1.82, 2.24) is 0 Å². The lowest BCUT2D eigenvalue weighted by molar-refractivity contribution is 0.232. The largest absolute Gasteiger partial charge is 0.0654 e. The van der Waals surface area contributed by atoms with Crippen molar-refractivity contribution in [2.45, 2.75) is 125 Å². The first-order valence-corrected chi connectivity index (χ1v) is 11.1. The molecule has 0 heteroatoms. The van der Waals surface area contributed by atoms with Gasteiger partial charge in [0.25, 0.3) is 0 Å². The Morgan fingerprint density at radius 1 is 0.522 bits per heavy atom. The first-order valence-electron chi connectivity index (χ1n) is 11.1. The molecule has 3 atom stereocenters. The third-order valence-electron chi connectivity index (χ3n) is 5.94. The van der Waals surface area contributed by atoms with Gasteiger partial charge in [0.2, 0.25) is 0 Å². The summed E-state index contributed by atoms with van der Waals surface area (Å²) in [5.41, 5.74) is 0. The van der Waals surface area contributed by atoms with Gasteiger partial charge in [0.1, 0.15) is 0 Å². The first kappa shape index (κ1) is 23.0. The lowest BCUT2D eigenvalue weighted by Crippen LogP contribution is -2.16. The normalized spacial score (nSPS) is 17.0. The highest BCUT2D eigenvalue weighted by atomic mass is 14.3. The Hall–Kier alpha value is 0. The maximum atomic E-state index is 2.50. The molecule has 0 aromatic heterocycles. The molecular formula is C23H48. The molecule has 0 amide bonds. The molecule has 0 saturated heterocycles. The third-order valence-corrected chi connectivity index (χ3v) is 5.94. The summed E-state index contributed by atoms with van der Waals surface area (Å²) in [6, 6.07) is 0. The van der Waals surface area contributed by atoms with Gasteiger partial charge in [-0.2, -0.15) is 0 Å². The summed E-state index contributed by atoms with van der Waals surface area (Å²) in [7, 11) is 0. The van der Waals surface area contributed by atoms with Gasteiger partial charge in [-0.05, 0) is 42.9 Å². The molecule has 140 valence electrons. The maximum absolute atomic E-state index is 2.50. The summed E-state index contributed by atoms with van der Waals surface area (Å²) in [5.74, 6) is 3.88. The second-order valence-electron chi connectivity index (χ2n) is 8.30. The van der Waals surface area contributed by atoms with Gasteiger partial charge in [0.15, 0.2) is 0 Å². The van der Waals surface area contributed by atoms with Gasteiger partial charge in [0, 0.05) is 0 Å². The van der Waals surface area contributed by atoms with Gasteiger partial charge < -0.3 is 0 Å². The monoisotopic (exact) mass is 324 g/mol. The van der Waals surface area contributed by atoms with Crippen LogP contribution in [0, 0.1) is 23.7 Å². The minimum atomic E-state index is 0.928. The van der Waals surface area contributed by atoms with Crippen molar-refractivity contribution >= 4 is 0 Å². The molecular weight excluding hydrogens is 276 g/mol. The van der Waals surface area contributed by atoms with Crippen LogP contribution in [0.25, 0.3) is 0 Å². The summed E-state index contributed by atoms with van der Waals surface area (Å²) in [6.45, 7) is 14.4. The second kappa shape index (κ2) is 15.5. The molecule has 0 rings (SSSR count). The zero-order valence-corrected chi connectivity index (χ0v) is 17.5. The first-order chi connectivity index (χ1) is 11.1. The summed E-state index contributed by atoms with van der Waals surface area (Å²) in [5, 5.41) is 0. The topological polar surface area (TPSA) is 0 Å². The van der Waals surface area contributed by atoms with E-state index < -0.39 is 0 Å². The minimum absolute atomic E-state index is 0.928. The average molecular weight is 325 g/mol. The number of hydrogen-bond donors (Lipinski definition) is 0. The van der Waals surface area contributed by atoms with E-state index in [2.05, 4.69) is 41.5 Å². The van der Waals surface area contributed by atoms with Crippen molar-refractivity contribution in [3.63, 3.8) is 0 Å². The second-order valence-corrected chi connectivity index (χ2v) is 8.30. The molecule has 0 aromatic carbocycles. The average Bonchev–Trinajstić information content (AvgIpc) is 2.54. The molecule has 0 spiro atoms. The Labute approximate surface area is 149 Å². The van der Waals surface area contributed by atoms with E-state index in [1.807, 2.05) is 0 Å². The van der Waals surface area contributed by atoms with Crippen LogP contribution in [0.3, 0.4) is 0 Å². The molecule has 0 fully saturated rings. The molecule has 0 bridgehead atoms. The quantitative estimate of drug-likeness (QED) is 0.266. The van der Waals surface area contributed by atoms with Crippen LogP contribution in [0.15, 0.2) is 0 Å². The van der Waals surface area contributed by atoms with Crippen molar-refractivity contribution in [2.75, 3.05) is 0 Å². The molecule has 0 aliphatic carbocycles. The Bertz CT molecular complexity index is 214. The van der Waals surface area contributed by atoms with Gasteiger partial charge in [-0.3, -0.25) is 0 Å². The van der Waals surface area contributed by atoms with Gasteiger partial charge in [-0.15, -0.1) is 0 Å². The van der Waals surface area contributed by atoms with E-state index in [0.29, 0.717) is 0 Å². The SMILES string of the molecule is CCCCC(CC)CC(CC(C)CCC)CC(CC)CCCC. The summed E-state index contributed by atoms with van der Waals surface area (Å²) >= 11 is 0. The summed E-state index contributed by atoms with van der Waals surface area (Å²) in [4.78, 5) is 0. The molecule has 0 heterocycles. The van der Waals surface area contributed by atoms with E-state index in [0.717, 1.165) is 23.7 Å². The molecule has 23 heavy (non-hydrogen) atoms. The molecule has 3 unspecified atom stereocenters. The smallest absolute Gasteiger partial charge is 0.0406 e. The van der Waals surface area contributed by atoms with Crippen LogP contribution >= 0.6 is 0 Å². The Morgan fingerprint density at radius 2 is 1.00 bits per heavy atom. The zero-order chi connectivity index (χ0) is 17.5. The van der Waals surface area contributed by atoms with Gasteiger partial charge in [-0.25, -0.2) is 0 Å². The van der Waals surface area contributed by atoms with E-state index in [-0.39, 0.29) is 0 Å². The summed E-state index contributed by atoms with van der Waals surface area (Å²) in [6.07, 6.45) is 18.6. The van der Waals surface area contributed by atoms with Crippen LogP contribution in [-0.4, -0.2) is 0 Å². The predicted octanol–water partition coefficient (Wildman–Crippen LogP) is 8.64. The Balaban J connectivity index is 4.62. The van der Waals surface area contributed by atoms with Crippen LogP contribution in [0.4, 0.5) is 0 Å². The van der Waals surface area contributed by atoms with Crippen molar-refractivity contribution in [3.05, 3.63) is 0 Å². The van der Waals surface area contributed by atoms with Crippen molar-refractivity contribution in [1.29, 1.82) is 0 Å². The predicted molar refractivity (Wildman–Crippen MR) is 108 cm³/mol. The number of rotatable bonds is 16. The zero-order valence-electron chi connectivity index (χ0n) is 17.5. The van der Waals surface area contributed by atoms with E-state index in [9.17, 15) is 0 Å². The van der Waals surface area contributed by atoms with Gasteiger partial charge in [0.05, 0.1) is 0 Å². The lowest BCUT2D eigenvalue weighted by Gasteiger charge is -2.28. The van der Waals surface area contributed by atoms with Crippen LogP contribution < -0.4 is 0 Å². The third kappa shape index (κ3) is 12.1. The highest BCUT2D eigenvalue weighted by Gasteiger charge is 2.21. The van der Waals surface area contributed by atoms with E-state index >= 15 is 0 Å². The fraction of sp³-hybridized carbons (Fsp3) is 1.00. The van der Waals surface area contributed by atoms with Crippen LogP contribution in [0.5, 0.6) is 0 Å². The van der Waals surface area contributed by atoms with Crippen LogP contribution in [0.1, 0.15) is 125 Å². The number of unbranched alkanes of at least 4 members (excludes halogenated alkanes) is 2. The fourth-order valence-electron chi connectivity index (χ4n) is 4.37. The molecule has 0 nitrogen and oxygen atoms in total. The Kier molecular flexibility index (Phi) is 15.5. The molecule has 0 N–H and O–H groups in total. The maximum Gasteiger partial charge on any atom is -0.0406 e. The van der Waals surface area contributed by atoms with Crippen molar-refractivity contribution < 1.29 is 0 Å². The van der Waals surface area contributed by atoms with Gasteiger partial charge in [-0.1, -0.05) is 106 Å². The fourth-order valence-corrected chi connectivity index (χ4v) is 4.37. The molecule has 0 aromatic rings. The molecule has 0 radical (unpaired) electrons. The van der Waals surface area contributed by atoms with Crippen LogP contribution in [-0.2, 0) is 0 Å². The Morgan fingerprint density at radius 3 is 1.35 bits per heavy atom. The summed E-state index contributed by atoms with van der Waals surface area (Å²) < 4.78 is 0. The molecule has 0 aliphatic rings. The number of hydrogen-bond acceptors (Lipinski definition) is 0. The minimum Gasteiger partial charge on any atom is -0.0654 e. The molecule has 0 saturated carbocycles. The highest BCUT2D eigenvalue weighted by Crippen LogP contribution is 2.33. The van der Waals surface area contributed by atoms with Crippen molar-refractivity contribution in [2.24, 2.45) is 23.7 Å². The highest BCUT2D eigenvalue weighted by molar-refractivity contribution is 4.72. The molecule has 0 aliphatic heterocycles. The lowest BCUT2D eigenvalue weighted by atomic mass is 9.77. The van der Waals surface area contributed by atoms with Crippen molar-refractivity contribution in [3.8, 4) is 0 Å².